The van der Waals surface area contributed by atoms with Crippen LogP contribution in [0.15, 0.2) is 34.1 Å². The summed E-state index contributed by atoms with van der Waals surface area (Å²) in [5, 5.41) is 0. The molecule has 0 saturated heterocycles. The van der Waals surface area contributed by atoms with Crippen molar-refractivity contribution < 1.29 is 35.9 Å². The van der Waals surface area contributed by atoms with Gasteiger partial charge in [-0.2, -0.15) is 26.3 Å². The van der Waals surface area contributed by atoms with Crippen molar-refractivity contribution >= 4 is 33.4 Å². The number of halogens is 6. The minimum Gasteiger partial charge on any atom is -0.366 e. The Balaban J connectivity index is 2.74. The van der Waals surface area contributed by atoms with Gasteiger partial charge in [-0.3, -0.25) is 9.59 Å². The molecule has 0 bridgehead atoms. The highest BCUT2D eigenvalue weighted by molar-refractivity contribution is 8.76. The minimum absolute atomic E-state index is 0.0925. The molecule has 0 aromatic heterocycles. The number of carbonyl (C=O) groups is 2. The van der Waals surface area contributed by atoms with E-state index >= 15 is 0 Å². The standard InChI is InChI=1S/C24H26F6N2O2S2/c1-3-5-7-13-9-11-15(23(25,26)27)17(21(31)33)19(13)35-36-20-14(8-6-4-2)10-12-16(24(28,29)30)18(20)22(32)34/h9-12H,3-8H2,1-2H3,(H2,31,33)(H2,32,34). The maximum atomic E-state index is 13.7. The number of rotatable bonds is 11. The van der Waals surface area contributed by atoms with E-state index in [1.165, 1.54) is 12.1 Å². The van der Waals surface area contributed by atoms with Crippen molar-refractivity contribution in [3.63, 3.8) is 0 Å². The Bertz CT molecular complexity index is 1030. The number of nitrogens with two attached hydrogens (primary N) is 2. The van der Waals surface area contributed by atoms with Gasteiger partial charge in [0.1, 0.15) is 0 Å². The summed E-state index contributed by atoms with van der Waals surface area (Å²) in [5.41, 5.74) is 7.53. The molecule has 2 aromatic carbocycles. The highest BCUT2D eigenvalue weighted by Gasteiger charge is 2.39. The Morgan fingerprint density at radius 1 is 0.694 bits per heavy atom. The quantitative estimate of drug-likeness (QED) is 0.225. The smallest absolute Gasteiger partial charge is 0.366 e. The lowest BCUT2D eigenvalue weighted by molar-refractivity contribution is -0.138. The van der Waals surface area contributed by atoms with Gasteiger partial charge in [0.2, 0.25) is 11.8 Å². The molecule has 0 aliphatic heterocycles. The van der Waals surface area contributed by atoms with E-state index in [1.807, 2.05) is 13.8 Å². The number of alkyl halides is 6. The van der Waals surface area contributed by atoms with Crippen molar-refractivity contribution in [2.24, 2.45) is 11.5 Å². The lowest BCUT2D eigenvalue weighted by atomic mass is 9.99. The molecule has 198 valence electrons. The van der Waals surface area contributed by atoms with Crippen molar-refractivity contribution in [3.05, 3.63) is 57.6 Å². The van der Waals surface area contributed by atoms with Gasteiger partial charge in [-0.1, -0.05) is 60.4 Å². The Morgan fingerprint density at radius 2 is 1.03 bits per heavy atom. The summed E-state index contributed by atoms with van der Waals surface area (Å²) in [7, 11) is 1.35. The van der Waals surface area contributed by atoms with E-state index in [9.17, 15) is 35.9 Å². The highest BCUT2D eigenvalue weighted by atomic mass is 33.1. The summed E-state index contributed by atoms with van der Waals surface area (Å²) in [6.07, 6.45) is -6.49. The van der Waals surface area contributed by atoms with Gasteiger partial charge in [-0.05, 0) is 48.9 Å². The van der Waals surface area contributed by atoms with E-state index in [-0.39, 0.29) is 9.79 Å². The summed E-state index contributed by atoms with van der Waals surface area (Å²) >= 11 is 0. The molecule has 0 radical (unpaired) electrons. The third-order valence-electron chi connectivity index (χ3n) is 5.39. The summed E-state index contributed by atoms with van der Waals surface area (Å²) < 4.78 is 82.1. The van der Waals surface area contributed by atoms with Crippen LogP contribution in [0.25, 0.3) is 0 Å². The molecule has 2 amide bonds. The van der Waals surface area contributed by atoms with Gasteiger partial charge < -0.3 is 11.5 Å². The van der Waals surface area contributed by atoms with Gasteiger partial charge in [-0.25, -0.2) is 0 Å². The highest BCUT2D eigenvalue weighted by Crippen LogP contribution is 2.48. The molecule has 2 rings (SSSR count). The maximum absolute atomic E-state index is 13.7. The molecule has 0 spiro atoms. The van der Waals surface area contributed by atoms with Crippen molar-refractivity contribution in [1.29, 1.82) is 0 Å². The molecule has 0 saturated carbocycles. The molecule has 0 aliphatic rings. The van der Waals surface area contributed by atoms with Crippen LogP contribution in [0.3, 0.4) is 0 Å². The molecule has 0 heterocycles. The maximum Gasteiger partial charge on any atom is 0.417 e. The zero-order valence-electron chi connectivity index (χ0n) is 19.6. The average molecular weight is 553 g/mol. The van der Waals surface area contributed by atoms with Crippen molar-refractivity contribution in [2.75, 3.05) is 0 Å². The Kier molecular flexibility index (Phi) is 10.2. The SMILES string of the molecule is CCCCc1ccc(C(F)(F)F)c(C(N)=O)c1SSc1c(CCCC)ccc(C(F)(F)F)c1C(N)=O. The lowest BCUT2D eigenvalue weighted by Crippen LogP contribution is -2.21. The number of unbranched alkanes of at least 4 members (excludes halogenated alkanes) is 2. The third-order valence-corrected chi connectivity index (χ3v) is 7.99. The van der Waals surface area contributed by atoms with Crippen LogP contribution in [-0.4, -0.2) is 11.8 Å². The van der Waals surface area contributed by atoms with E-state index < -0.39 is 46.4 Å². The fraction of sp³-hybridized carbons (Fsp3) is 0.417. The largest absolute Gasteiger partial charge is 0.417 e. The Morgan fingerprint density at radius 3 is 1.28 bits per heavy atom. The molecule has 0 unspecified atom stereocenters. The van der Waals surface area contributed by atoms with Crippen LogP contribution in [0.1, 0.15) is 82.5 Å². The summed E-state index contributed by atoms with van der Waals surface area (Å²) in [5.74, 6) is -2.62. The number of benzene rings is 2. The summed E-state index contributed by atoms with van der Waals surface area (Å²) in [6, 6.07) is 4.05. The minimum atomic E-state index is -4.88. The van der Waals surface area contributed by atoms with Crippen LogP contribution in [-0.2, 0) is 25.2 Å². The number of primary amides is 2. The van der Waals surface area contributed by atoms with Crippen LogP contribution in [0.5, 0.6) is 0 Å². The molecule has 12 heteroatoms. The molecular formula is C24H26F6N2O2S2. The predicted octanol–water partition coefficient (Wildman–Crippen LogP) is 7.41. The molecular weight excluding hydrogens is 526 g/mol. The van der Waals surface area contributed by atoms with Crippen molar-refractivity contribution in [1.82, 2.24) is 0 Å². The number of hydrogen-bond acceptors (Lipinski definition) is 4. The van der Waals surface area contributed by atoms with Crippen LogP contribution >= 0.6 is 21.6 Å². The molecule has 0 aliphatic carbocycles. The zero-order valence-corrected chi connectivity index (χ0v) is 21.2. The fourth-order valence-corrected chi connectivity index (χ4v) is 6.57. The molecule has 4 nitrogen and oxygen atoms in total. The van der Waals surface area contributed by atoms with E-state index in [4.69, 9.17) is 11.5 Å². The first kappa shape index (κ1) is 29.9. The van der Waals surface area contributed by atoms with Gasteiger partial charge >= 0.3 is 12.4 Å². The van der Waals surface area contributed by atoms with Crippen LogP contribution in [0, 0.1) is 0 Å². The number of hydrogen-bond donors (Lipinski definition) is 2. The first-order valence-electron chi connectivity index (χ1n) is 11.1. The first-order chi connectivity index (χ1) is 16.7. The van der Waals surface area contributed by atoms with Gasteiger partial charge in [0.25, 0.3) is 0 Å². The van der Waals surface area contributed by atoms with Gasteiger partial charge in [0.15, 0.2) is 0 Å². The van der Waals surface area contributed by atoms with Gasteiger partial charge in [0, 0.05) is 9.79 Å². The van der Waals surface area contributed by atoms with Gasteiger partial charge in [-0.15, -0.1) is 0 Å². The topological polar surface area (TPSA) is 86.2 Å². The van der Waals surface area contributed by atoms with Crippen LogP contribution in [0.2, 0.25) is 0 Å². The fourth-order valence-electron chi connectivity index (χ4n) is 3.62. The monoisotopic (exact) mass is 552 g/mol. The second kappa shape index (κ2) is 12.3. The lowest BCUT2D eigenvalue weighted by Gasteiger charge is -2.20. The number of carbonyl (C=O) groups excluding carboxylic acids is 2. The van der Waals surface area contributed by atoms with Crippen LogP contribution in [0.4, 0.5) is 26.3 Å². The van der Waals surface area contributed by atoms with E-state index in [2.05, 4.69) is 0 Å². The molecule has 2 aromatic rings. The summed E-state index contributed by atoms with van der Waals surface area (Å²) in [4.78, 5) is 24.2. The van der Waals surface area contributed by atoms with E-state index in [0.29, 0.717) is 71.2 Å². The Hall–Kier alpha value is -2.34. The molecule has 0 fully saturated rings. The molecule has 4 N–H and O–H groups in total. The normalized spacial score (nSPS) is 12.1. The second-order valence-corrected chi connectivity index (χ2v) is 10.2. The summed E-state index contributed by atoms with van der Waals surface area (Å²) in [6.45, 7) is 3.75. The van der Waals surface area contributed by atoms with E-state index in [1.54, 1.807) is 0 Å². The van der Waals surface area contributed by atoms with Crippen molar-refractivity contribution in [3.8, 4) is 0 Å². The predicted molar refractivity (Wildman–Crippen MR) is 129 cm³/mol. The Labute approximate surface area is 213 Å². The average Bonchev–Trinajstić information content (AvgIpc) is 2.77. The van der Waals surface area contributed by atoms with E-state index in [0.717, 1.165) is 12.1 Å². The number of aryl methyl sites for hydroxylation is 2. The van der Waals surface area contributed by atoms with Crippen LogP contribution < -0.4 is 11.5 Å². The molecule has 0 atom stereocenters. The third kappa shape index (κ3) is 7.12. The first-order valence-corrected chi connectivity index (χ1v) is 13.3. The van der Waals surface area contributed by atoms with Crippen molar-refractivity contribution in [2.45, 2.75) is 74.5 Å². The number of amides is 2. The second-order valence-electron chi connectivity index (χ2n) is 8.05. The molecule has 36 heavy (non-hydrogen) atoms. The van der Waals surface area contributed by atoms with Gasteiger partial charge in [0.05, 0.1) is 22.3 Å². The zero-order chi connectivity index (χ0) is 27.3.